The van der Waals surface area contributed by atoms with E-state index >= 15 is 0 Å². The van der Waals surface area contributed by atoms with Crippen LogP contribution in [-0.2, 0) is 26.2 Å². The van der Waals surface area contributed by atoms with Gasteiger partial charge in [-0.3, -0.25) is 18.9 Å². The molecule has 3 rings (SSSR count). The number of hydrogen-bond donors (Lipinski definition) is 2. The smallest absolute Gasteiger partial charge is 0.313 e. The first-order valence-corrected chi connectivity index (χ1v) is 10.1. The summed E-state index contributed by atoms with van der Waals surface area (Å²) in [7, 11) is -3.32. The zero-order valence-electron chi connectivity index (χ0n) is 14.8. The van der Waals surface area contributed by atoms with E-state index < -0.39 is 21.8 Å². The van der Waals surface area contributed by atoms with Crippen LogP contribution in [0.5, 0.6) is 0 Å². The number of aromatic nitrogens is 1. The molecule has 8 nitrogen and oxygen atoms in total. The van der Waals surface area contributed by atoms with E-state index in [4.69, 9.17) is 0 Å². The topological polar surface area (TPSA) is 108 Å². The number of carbonyl (C=O) groups excluding carboxylic acids is 2. The van der Waals surface area contributed by atoms with Crippen molar-refractivity contribution in [3.05, 3.63) is 53.9 Å². The number of nitrogens with one attached hydrogen (secondary N) is 2. The second-order valence-corrected chi connectivity index (χ2v) is 8.25. The van der Waals surface area contributed by atoms with Crippen LogP contribution >= 0.6 is 0 Å². The molecule has 1 fully saturated rings. The number of amides is 2. The molecule has 2 N–H and O–H groups in total. The van der Waals surface area contributed by atoms with Crippen molar-refractivity contribution in [2.45, 2.75) is 19.9 Å². The summed E-state index contributed by atoms with van der Waals surface area (Å²) in [5, 5.41) is 5.07. The third-order valence-electron chi connectivity index (χ3n) is 4.24. The van der Waals surface area contributed by atoms with Crippen LogP contribution in [0.4, 0.5) is 11.4 Å². The molecule has 142 valence electrons. The standard InChI is InChI=1S/C18H20N4O4S/c1-13-5-6-15(22-8-3-9-27(22,25)26)10-16(13)21-18(24)17(23)20-12-14-4-2-7-19-11-14/h2,4-7,10-11H,3,8-9,12H2,1H3,(H,20,23)(H,21,24). The number of hydrogen-bond acceptors (Lipinski definition) is 5. The molecular formula is C18H20N4O4S. The van der Waals surface area contributed by atoms with Gasteiger partial charge in [0, 0.05) is 31.2 Å². The zero-order valence-corrected chi connectivity index (χ0v) is 15.6. The molecule has 1 aliphatic rings. The highest BCUT2D eigenvalue weighted by molar-refractivity contribution is 7.93. The van der Waals surface area contributed by atoms with E-state index in [-0.39, 0.29) is 12.3 Å². The van der Waals surface area contributed by atoms with Crippen LogP contribution in [0.2, 0.25) is 0 Å². The molecule has 2 aromatic rings. The minimum absolute atomic E-state index is 0.110. The molecule has 0 radical (unpaired) electrons. The van der Waals surface area contributed by atoms with Crippen LogP contribution in [0.1, 0.15) is 17.5 Å². The van der Waals surface area contributed by atoms with E-state index in [2.05, 4.69) is 15.6 Å². The summed E-state index contributed by atoms with van der Waals surface area (Å²) in [4.78, 5) is 28.1. The summed E-state index contributed by atoms with van der Waals surface area (Å²) < 4.78 is 25.5. The van der Waals surface area contributed by atoms with Crippen molar-refractivity contribution in [3.8, 4) is 0 Å². The summed E-state index contributed by atoms with van der Waals surface area (Å²) in [5.41, 5.74) is 2.38. The number of sulfonamides is 1. The molecule has 0 spiro atoms. The van der Waals surface area contributed by atoms with Gasteiger partial charge in [0.2, 0.25) is 10.0 Å². The monoisotopic (exact) mass is 388 g/mol. The maximum Gasteiger partial charge on any atom is 0.313 e. The van der Waals surface area contributed by atoms with Crippen LogP contribution in [0.25, 0.3) is 0 Å². The van der Waals surface area contributed by atoms with Gasteiger partial charge in [-0.05, 0) is 42.7 Å². The Kier molecular flexibility index (Phi) is 5.41. The van der Waals surface area contributed by atoms with Crippen LogP contribution in [0.3, 0.4) is 0 Å². The lowest BCUT2D eigenvalue weighted by molar-refractivity contribution is -0.136. The number of anilines is 2. The van der Waals surface area contributed by atoms with Gasteiger partial charge in [-0.25, -0.2) is 8.42 Å². The Labute approximate surface area is 157 Å². The molecule has 0 unspecified atom stereocenters. The molecule has 2 heterocycles. The van der Waals surface area contributed by atoms with E-state index in [1.54, 1.807) is 49.6 Å². The van der Waals surface area contributed by atoms with Gasteiger partial charge >= 0.3 is 11.8 Å². The second kappa shape index (κ2) is 7.75. The predicted molar refractivity (Wildman–Crippen MR) is 102 cm³/mol. The van der Waals surface area contributed by atoms with E-state index in [0.717, 1.165) is 11.1 Å². The number of benzene rings is 1. The number of carbonyl (C=O) groups is 2. The lowest BCUT2D eigenvalue weighted by atomic mass is 10.1. The molecule has 0 aliphatic carbocycles. The highest BCUT2D eigenvalue weighted by Gasteiger charge is 2.28. The summed E-state index contributed by atoms with van der Waals surface area (Å²) in [6.45, 7) is 2.36. The zero-order chi connectivity index (χ0) is 19.4. The molecule has 0 bridgehead atoms. The van der Waals surface area contributed by atoms with Gasteiger partial charge in [0.1, 0.15) is 0 Å². The van der Waals surface area contributed by atoms with E-state index in [1.807, 2.05) is 0 Å². The van der Waals surface area contributed by atoms with Crippen molar-refractivity contribution in [1.82, 2.24) is 10.3 Å². The molecule has 0 saturated carbocycles. The van der Waals surface area contributed by atoms with E-state index in [0.29, 0.717) is 24.3 Å². The Morgan fingerprint density at radius 2 is 2.04 bits per heavy atom. The molecule has 9 heteroatoms. The highest BCUT2D eigenvalue weighted by Crippen LogP contribution is 2.28. The van der Waals surface area contributed by atoms with Crippen LogP contribution < -0.4 is 14.9 Å². The summed E-state index contributed by atoms with van der Waals surface area (Å²) in [6.07, 6.45) is 3.78. The van der Waals surface area contributed by atoms with Gasteiger partial charge < -0.3 is 10.6 Å². The first-order valence-electron chi connectivity index (χ1n) is 8.46. The summed E-state index contributed by atoms with van der Waals surface area (Å²) in [6, 6.07) is 8.51. The highest BCUT2D eigenvalue weighted by atomic mass is 32.2. The Bertz CT molecular complexity index is 961. The van der Waals surface area contributed by atoms with Gasteiger partial charge in [-0.1, -0.05) is 12.1 Å². The third-order valence-corrected chi connectivity index (χ3v) is 6.11. The molecule has 1 aromatic heterocycles. The fourth-order valence-corrected chi connectivity index (χ4v) is 4.33. The predicted octanol–water partition coefficient (Wildman–Crippen LogP) is 1.18. The van der Waals surface area contributed by atoms with Gasteiger partial charge in [0.15, 0.2) is 0 Å². The Morgan fingerprint density at radius 1 is 1.22 bits per heavy atom. The van der Waals surface area contributed by atoms with Crippen molar-refractivity contribution in [2.24, 2.45) is 0 Å². The maximum atomic E-state index is 12.2. The molecule has 0 atom stereocenters. The SMILES string of the molecule is Cc1ccc(N2CCCS2(=O)=O)cc1NC(=O)C(=O)NCc1cccnc1. The van der Waals surface area contributed by atoms with Crippen LogP contribution in [-0.4, -0.2) is 37.5 Å². The van der Waals surface area contributed by atoms with Crippen molar-refractivity contribution < 1.29 is 18.0 Å². The molecule has 1 aliphatic heterocycles. The van der Waals surface area contributed by atoms with E-state index in [1.165, 1.54) is 4.31 Å². The lowest BCUT2D eigenvalue weighted by Gasteiger charge is -2.19. The van der Waals surface area contributed by atoms with Crippen LogP contribution in [0.15, 0.2) is 42.7 Å². The third kappa shape index (κ3) is 4.43. The Hall–Kier alpha value is -2.94. The number of aryl methyl sites for hydroxylation is 1. The average Bonchev–Trinajstić information content (AvgIpc) is 3.01. The average molecular weight is 388 g/mol. The molecular weight excluding hydrogens is 368 g/mol. The molecule has 2 amide bonds. The first-order chi connectivity index (χ1) is 12.9. The fourth-order valence-electron chi connectivity index (χ4n) is 2.77. The summed E-state index contributed by atoms with van der Waals surface area (Å²) in [5.74, 6) is -1.49. The normalized spacial score (nSPS) is 15.4. The Balaban J connectivity index is 1.68. The van der Waals surface area contributed by atoms with Gasteiger partial charge in [0.05, 0.1) is 11.4 Å². The molecule has 1 aromatic carbocycles. The lowest BCUT2D eigenvalue weighted by Crippen LogP contribution is -2.35. The van der Waals surface area contributed by atoms with Gasteiger partial charge in [-0.15, -0.1) is 0 Å². The second-order valence-electron chi connectivity index (χ2n) is 6.24. The van der Waals surface area contributed by atoms with Crippen molar-refractivity contribution in [2.75, 3.05) is 21.9 Å². The largest absolute Gasteiger partial charge is 0.344 e. The van der Waals surface area contributed by atoms with Crippen molar-refractivity contribution in [1.29, 1.82) is 0 Å². The quantitative estimate of drug-likeness (QED) is 0.765. The number of rotatable bonds is 4. The number of pyridine rings is 1. The van der Waals surface area contributed by atoms with Crippen LogP contribution in [0, 0.1) is 6.92 Å². The minimum Gasteiger partial charge on any atom is -0.344 e. The van der Waals surface area contributed by atoms with Gasteiger partial charge in [0.25, 0.3) is 0 Å². The maximum absolute atomic E-state index is 12.2. The van der Waals surface area contributed by atoms with Crippen molar-refractivity contribution in [3.63, 3.8) is 0 Å². The fraction of sp³-hybridized carbons (Fsp3) is 0.278. The minimum atomic E-state index is -3.32. The van der Waals surface area contributed by atoms with Gasteiger partial charge in [-0.2, -0.15) is 0 Å². The molecule has 1 saturated heterocycles. The summed E-state index contributed by atoms with van der Waals surface area (Å²) >= 11 is 0. The Morgan fingerprint density at radius 3 is 2.70 bits per heavy atom. The van der Waals surface area contributed by atoms with Crippen molar-refractivity contribution >= 4 is 33.2 Å². The van der Waals surface area contributed by atoms with E-state index in [9.17, 15) is 18.0 Å². The number of nitrogens with zero attached hydrogens (tertiary/aromatic N) is 2. The first kappa shape index (κ1) is 18.8. The molecule has 27 heavy (non-hydrogen) atoms.